The monoisotopic (exact) mass is 311 g/mol. The van der Waals surface area contributed by atoms with Gasteiger partial charge in [-0.05, 0) is 19.8 Å². The van der Waals surface area contributed by atoms with Gasteiger partial charge < -0.3 is 11.1 Å². The molecule has 0 bridgehead atoms. The number of thiazole rings is 1. The third kappa shape index (κ3) is 4.09. The van der Waals surface area contributed by atoms with Gasteiger partial charge in [0.05, 0.1) is 12.1 Å². The molecule has 2 rings (SSSR count). The molecule has 0 aliphatic heterocycles. The molecule has 0 radical (unpaired) electrons. The zero-order valence-corrected chi connectivity index (χ0v) is 12.7. The minimum atomic E-state index is -0.633. The molecule has 7 heteroatoms. The number of hydrogen-bond donors (Lipinski definition) is 2. The lowest BCUT2D eigenvalue weighted by molar-refractivity contribution is -0.126. The molecule has 0 aromatic carbocycles. The molecule has 0 unspecified atom stereocenters. The Labute approximate surface area is 124 Å². The van der Waals surface area contributed by atoms with Crippen LogP contribution in [0.15, 0.2) is 5.38 Å². The quantitative estimate of drug-likeness (QED) is 0.899. The van der Waals surface area contributed by atoms with Crippen LogP contribution in [0.1, 0.15) is 36.4 Å². The maximum atomic E-state index is 11.9. The molecule has 1 aliphatic carbocycles. The summed E-state index contributed by atoms with van der Waals surface area (Å²) in [5, 5.41) is 5.80. The molecule has 0 saturated heterocycles. The summed E-state index contributed by atoms with van der Waals surface area (Å²) in [6.07, 6.45) is 3.71. The SMILES string of the molecule is Cc1csc(CNC(=O)C2(N)CCCC2)n1.Cl.Cl. The maximum Gasteiger partial charge on any atom is 0.240 e. The second-order valence-corrected chi connectivity index (χ2v) is 5.37. The van der Waals surface area contributed by atoms with E-state index in [1.807, 2.05) is 12.3 Å². The molecule has 0 spiro atoms. The summed E-state index contributed by atoms with van der Waals surface area (Å²) in [5.74, 6) is -0.0298. The first-order valence-electron chi connectivity index (χ1n) is 5.58. The summed E-state index contributed by atoms with van der Waals surface area (Å²) in [6, 6.07) is 0. The van der Waals surface area contributed by atoms with Crippen LogP contribution in [0.25, 0.3) is 0 Å². The van der Waals surface area contributed by atoms with Crippen molar-refractivity contribution in [1.29, 1.82) is 0 Å². The van der Waals surface area contributed by atoms with E-state index in [0.717, 1.165) is 36.4 Å². The molecule has 104 valence electrons. The Morgan fingerprint density at radius 3 is 2.61 bits per heavy atom. The van der Waals surface area contributed by atoms with Crippen molar-refractivity contribution in [3.05, 3.63) is 16.1 Å². The van der Waals surface area contributed by atoms with E-state index in [9.17, 15) is 4.79 Å². The molecule has 1 saturated carbocycles. The molecule has 0 atom stereocenters. The van der Waals surface area contributed by atoms with Crippen molar-refractivity contribution in [2.45, 2.75) is 44.7 Å². The average Bonchev–Trinajstić information content (AvgIpc) is 2.85. The van der Waals surface area contributed by atoms with Crippen LogP contribution in [-0.4, -0.2) is 16.4 Å². The van der Waals surface area contributed by atoms with Gasteiger partial charge in [0.15, 0.2) is 0 Å². The summed E-state index contributed by atoms with van der Waals surface area (Å²) < 4.78 is 0. The average molecular weight is 312 g/mol. The Balaban J connectivity index is 0.00000144. The number of nitrogens with one attached hydrogen (secondary N) is 1. The molecule has 1 fully saturated rings. The zero-order valence-electron chi connectivity index (χ0n) is 10.3. The third-order valence-electron chi connectivity index (χ3n) is 3.01. The first-order chi connectivity index (χ1) is 7.60. The van der Waals surface area contributed by atoms with Crippen LogP contribution in [0.2, 0.25) is 0 Å². The zero-order chi connectivity index (χ0) is 11.6. The largest absolute Gasteiger partial charge is 0.348 e. The van der Waals surface area contributed by atoms with E-state index < -0.39 is 5.54 Å². The lowest BCUT2D eigenvalue weighted by Crippen LogP contribution is -2.51. The van der Waals surface area contributed by atoms with Crippen molar-refractivity contribution in [2.75, 3.05) is 0 Å². The lowest BCUT2D eigenvalue weighted by Gasteiger charge is -2.21. The number of halogens is 2. The Kier molecular flexibility index (Phi) is 7.14. The van der Waals surface area contributed by atoms with Crippen molar-refractivity contribution in [3.8, 4) is 0 Å². The predicted octanol–water partition coefficient (Wildman–Crippen LogP) is 2.18. The number of aryl methyl sites for hydroxylation is 1. The summed E-state index contributed by atoms with van der Waals surface area (Å²) >= 11 is 1.57. The first kappa shape index (κ1) is 17.6. The molecule has 1 aliphatic rings. The fraction of sp³-hybridized carbons (Fsp3) is 0.636. The maximum absolute atomic E-state index is 11.9. The van der Waals surface area contributed by atoms with Crippen LogP contribution in [0, 0.1) is 6.92 Å². The van der Waals surface area contributed by atoms with Crippen molar-refractivity contribution in [1.82, 2.24) is 10.3 Å². The normalized spacial score (nSPS) is 16.6. The Bertz CT molecular complexity index is 391. The number of rotatable bonds is 3. The van der Waals surface area contributed by atoms with E-state index in [1.54, 1.807) is 11.3 Å². The molecule has 1 amide bonds. The Hall–Kier alpha value is -0.360. The van der Waals surface area contributed by atoms with Crippen LogP contribution in [0.3, 0.4) is 0 Å². The summed E-state index contributed by atoms with van der Waals surface area (Å²) in [4.78, 5) is 16.2. The number of carbonyl (C=O) groups is 1. The molecule has 1 aromatic rings. The minimum Gasteiger partial charge on any atom is -0.348 e. The van der Waals surface area contributed by atoms with E-state index in [1.165, 1.54) is 0 Å². The van der Waals surface area contributed by atoms with Crippen LogP contribution in [-0.2, 0) is 11.3 Å². The molecule has 1 heterocycles. The van der Waals surface area contributed by atoms with Gasteiger partial charge in [0.1, 0.15) is 5.01 Å². The summed E-state index contributed by atoms with van der Waals surface area (Å²) in [6.45, 7) is 2.44. The second kappa shape index (κ2) is 7.28. The molecular formula is C11H19Cl2N3OS. The van der Waals surface area contributed by atoms with Gasteiger partial charge in [0.2, 0.25) is 5.91 Å². The van der Waals surface area contributed by atoms with E-state index >= 15 is 0 Å². The van der Waals surface area contributed by atoms with Crippen molar-refractivity contribution in [3.63, 3.8) is 0 Å². The van der Waals surface area contributed by atoms with Gasteiger partial charge in [-0.25, -0.2) is 4.98 Å². The van der Waals surface area contributed by atoms with Crippen LogP contribution in [0.4, 0.5) is 0 Å². The topological polar surface area (TPSA) is 68.0 Å². The Morgan fingerprint density at radius 1 is 1.50 bits per heavy atom. The molecule has 3 N–H and O–H groups in total. The highest BCUT2D eigenvalue weighted by Gasteiger charge is 2.36. The van der Waals surface area contributed by atoms with Gasteiger partial charge in [-0.3, -0.25) is 4.79 Å². The molecule has 1 aromatic heterocycles. The van der Waals surface area contributed by atoms with E-state index in [2.05, 4.69) is 10.3 Å². The third-order valence-corrected chi connectivity index (χ3v) is 3.98. The van der Waals surface area contributed by atoms with Crippen LogP contribution in [0.5, 0.6) is 0 Å². The van der Waals surface area contributed by atoms with Crippen LogP contribution < -0.4 is 11.1 Å². The van der Waals surface area contributed by atoms with Crippen LogP contribution >= 0.6 is 36.2 Å². The van der Waals surface area contributed by atoms with E-state index in [-0.39, 0.29) is 30.7 Å². The second-order valence-electron chi connectivity index (χ2n) is 4.43. The van der Waals surface area contributed by atoms with Gasteiger partial charge in [-0.2, -0.15) is 0 Å². The number of carbonyl (C=O) groups excluding carboxylic acids is 1. The number of nitrogens with zero attached hydrogens (tertiary/aromatic N) is 1. The van der Waals surface area contributed by atoms with Gasteiger partial charge >= 0.3 is 0 Å². The number of amides is 1. The van der Waals surface area contributed by atoms with Gasteiger partial charge in [0.25, 0.3) is 0 Å². The summed E-state index contributed by atoms with van der Waals surface area (Å²) in [7, 11) is 0. The summed E-state index contributed by atoms with van der Waals surface area (Å²) in [5.41, 5.74) is 6.41. The van der Waals surface area contributed by atoms with Gasteiger partial charge in [0, 0.05) is 11.1 Å². The van der Waals surface area contributed by atoms with Gasteiger partial charge in [-0.1, -0.05) is 12.8 Å². The smallest absolute Gasteiger partial charge is 0.240 e. The van der Waals surface area contributed by atoms with E-state index in [4.69, 9.17) is 5.73 Å². The highest BCUT2D eigenvalue weighted by atomic mass is 35.5. The van der Waals surface area contributed by atoms with Crippen molar-refractivity contribution < 1.29 is 4.79 Å². The number of hydrogen-bond acceptors (Lipinski definition) is 4. The number of aromatic nitrogens is 1. The fourth-order valence-corrected chi connectivity index (χ4v) is 2.76. The molecular weight excluding hydrogens is 293 g/mol. The first-order valence-corrected chi connectivity index (χ1v) is 6.46. The van der Waals surface area contributed by atoms with Crippen molar-refractivity contribution >= 4 is 42.1 Å². The van der Waals surface area contributed by atoms with Crippen molar-refractivity contribution in [2.24, 2.45) is 5.73 Å². The molecule has 18 heavy (non-hydrogen) atoms. The lowest BCUT2D eigenvalue weighted by atomic mass is 9.98. The minimum absolute atomic E-state index is 0. The highest BCUT2D eigenvalue weighted by Crippen LogP contribution is 2.27. The van der Waals surface area contributed by atoms with Gasteiger partial charge in [-0.15, -0.1) is 36.2 Å². The predicted molar refractivity (Wildman–Crippen MR) is 78.6 cm³/mol. The van der Waals surface area contributed by atoms with E-state index in [0.29, 0.717) is 6.54 Å². The highest BCUT2D eigenvalue weighted by molar-refractivity contribution is 7.09. The molecule has 4 nitrogen and oxygen atoms in total. The Morgan fingerprint density at radius 2 is 2.11 bits per heavy atom. The standard InChI is InChI=1S/C11H17N3OS.2ClH/c1-8-7-16-9(14-8)6-13-10(15)11(12)4-2-3-5-11;;/h7H,2-6,12H2,1H3,(H,13,15);2*1H. The number of nitrogens with two attached hydrogens (primary N) is 1. The fourth-order valence-electron chi connectivity index (χ4n) is 2.05.